The molecule has 1 unspecified atom stereocenters. The maximum absolute atomic E-state index is 11.0. The summed E-state index contributed by atoms with van der Waals surface area (Å²) >= 11 is 0. The van der Waals surface area contributed by atoms with Crippen molar-refractivity contribution in [3.63, 3.8) is 0 Å². The number of amides is 1. The molecule has 0 aliphatic rings. The highest BCUT2D eigenvalue weighted by Crippen LogP contribution is 1.96. The van der Waals surface area contributed by atoms with Gasteiger partial charge in [-0.3, -0.25) is 4.79 Å². The number of carbonyl (C=O) groups excluding carboxylic acids is 1. The summed E-state index contributed by atoms with van der Waals surface area (Å²) in [7, 11) is 1.92. The molecule has 1 atom stereocenters. The first-order valence-electron chi connectivity index (χ1n) is 4.68. The summed E-state index contributed by atoms with van der Waals surface area (Å²) in [4.78, 5) is 11.0. The van der Waals surface area contributed by atoms with Gasteiger partial charge < -0.3 is 10.6 Å². The zero-order valence-corrected chi connectivity index (χ0v) is 8.31. The van der Waals surface area contributed by atoms with Crippen LogP contribution in [0.2, 0.25) is 0 Å². The molecule has 3 nitrogen and oxygen atoms in total. The lowest BCUT2D eigenvalue weighted by Crippen LogP contribution is -2.35. The zero-order chi connectivity index (χ0) is 9.40. The lowest BCUT2D eigenvalue weighted by atomic mass is 10.1. The Kier molecular flexibility index (Phi) is 6.76. The maximum atomic E-state index is 11.0. The molecule has 74 valence electrons. The second kappa shape index (κ2) is 7.10. The van der Waals surface area contributed by atoms with Crippen molar-refractivity contribution in [2.75, 3.05) is 13.6 Å². The summed E-state index contributed by atoms with van der Waals surface area (Å²) in [6.45, 7) is 4.93. The van der Waals surface area contributed by atoms with Crippen LogP contribution in [-0.4, -0.2) is 25.5 Å². The highest BCUT2D eigenvalue weighted by atomic mass is 16.1. The number of hydrogen-bond acceptors (Lipinski definition) is 2. The van der Waals surface area contributed by atoms with Gasteiger partial charge in [0, 0.05) is 13.9 Å². The smallest absolute Gasteiger partial charge is 0.219 e. The van der Waals surface area contributed by atoms with Gasteiger partial charge in [-0.05, 0) is 26.4 Å². The summed E-state index contributed by atoms with van der Waals surface area (Å²) in [5.41, 5.74) is 0. The Labute approximate surface area is 76.4 Å². The summed E-state index contributed by atoms with van der Waals surface area (Å²) in [5, 5.41) is 6.04. The quantitative estimate of drug-likeness (QED) is 0.634. The Hall–Kier alpha value is -0.570. The first-order chi connectivity index (χ1) is 5.74. The van der Waals surface area contributed by atoms with Gasteiger partial charge in [0.15, 0.2) is 0 Å². The fourth-order valence-corrected chi connectivity index (χ4v) is 1.03. The van der Waals surface area contributed by atoms with Crippen molar-refractivity contribution in [2.24, 2.45) is 0 Å². The molecule has 0 spiro atoms. The highest BCUT2D eigenvalue weighted by molar-refractivity contribution is 5.75. The molecule has 0 bridgehead atoms. The lowest BCUT2D eigenvalue weighted by Gasteiger charge is -2.15. The molecule has 3 heteroatoms. The van der Waals surface area contributed by atoms with Crippen LogP contribution in [0, 0.1) is 0 Å². The molecule has 0 aromatic carbocycles. The third kappa shape index (κ3) is 5.13. The van der Waals surface area contributed by atoms with E-state index in [0.29, 0.717) is 12.5 Å². The van der Waals surface area contributed by atoms with E-state index in [-0.39, 0.29) is 7.33 Å². The molecule has 0 radical (unpaired) electrons. The summed E-state index contributed by atoms with van der Waals surface area (Å²) in [6, 6.07) is 0.338. The fourth-order valence-electron chi connectivity index (χ4n) is 1.03. The topological polar surface area (TPSA) is 41.1 Å². The Morgan fingerprint density at radius 3 is 2.58 bits per heavy atom. The second-order valence-electron chi connectivity index (χ2n) is 2.92. The minimum Gasteiger partial charge on any atom is -0.353 e. The van der Waals surface area contributed by atoms with Gasteiger partial charge in [0.1, 0.15) is 0 Å². The molecular formula is C9H22N2O. The van der Waals surface area contributed by atoms with Crippen LogP contribution in [0.3, 0.4) is 0 Å². The summed E-state index contributed by atoms with van der Waals surface area (Å²) in [6.07, 6.45) is 2.60. The molecule has 2 N–H and O–H groups in total. The average molecular weight is 174 g/mol. The first-order valence-corrected chi connectivity index (χ1v) is 4.68. The maximum Gasteiger partial charge on any atom is 0.219 e. The SMILES string of the molecule is CCC(=O)NC(CC)CCNC.[HH]. The molecular weight excluding hydrogens is 152 g/mol. The number of nitrogens with one attached hydrogen (secondary N) is 2. The molecule has 0 aliphatic carbocycles. The van der Waals surface area contributed by atoms with Gasteiger partial charge in [-0.2, -0.15) is 0 Å². The molecule has 0 saturated heterocycles. The summed E-state index contributed by atoms with van der Waals surface area (Å²) in [5.74, 6) is 0.151. The fraction of sp³-hybridized carbons (Fsp3) is 0.889. The normalized spacial score (nSPS) is 12.6. The van der Waals surface area contributed by atoms with E-state index in [1.54, 1.807) is 0 Å². The third-order valence-corrected chi connectivity index (χ3v) is 1.92. The van der Waals surface area contributed by atoms with Crippen molar-refractivity contribution in [1.29, 1.82) is 0 Å². The van der Waals surface area contributed by atoms with E-state index in [1.165, 1.54) is 0 Å². The van der Waals surface area contributed by atoms with Crippen molar-refractivity contribution in [2.45, 2.75) is 39.2 Å². The van der Waals surface area contributed by atoms with E-state index < -0.39 is 0 Å². The van der Waals surface area contributed by atoms with E-state index in [2.05, 4.69) is 17.6 Å². The van der Waals surface area contributed by atoms with Crippen molar-refractivity contribution < 1.29 is 6.22 Å². The van der Waals surface area contributed by atoms with E-state index in [1.807, 2.05) is 14.0 Å². The molecule has 0 fully saturated rings. The van der Waals surface area contributed by atoms with Crippen LogP contribution in [0.5, 0.6) is 0 Å². The summed E-state index contributed by atoms with van der Waals surface area (Å²) < 4.78 is 0. The standard InChI is InChI=1S/C9H20N2O.H2/c1-4-8(6-7-10-3)11-9(12)5-2;/h8,10H,4-7H2,1-3H3,(H,11,12);1H. The highest BCUT2D eigenvalue weighted by Gasteiger charge is 2.07. The van der Waals surface area contributed by atoms with Crippen molar-refractivity contribution in [1.82, 2.24) is 10.6 Å². The predicted octanol–water partition coefficient (Wildman–Crippen LogP) is 1.15. The van der Waals surface area contributed by atoms with Crippen LogP contribution in [0.1, 0.15) is 34.5 Å². The molecule has 1 amide bonds. The Balaban J connectivity index is 0. The van der Waals surface area contributed by atoms with E-state index in [4.69, 9.17) is 0 Å². The molecule has 12 heavy (non-hydrogen) atoms. The van der Waals surface area contributed by atoms with Gasteiger partial charge in [-0.1, -0.05) is 13.8 Å². The van der Waals surface area contributed by atoms with Crippen molar-refractivity contribution in [3.05, 3.63) is 0 Å². The van der Waals surface area contributed by atoms with Crippen LogP contribution >= 0.6 is 0 Å². The molecule has 0 aliphatic heterocycles. The largest absolute Gasteiger partial charge is 0.353 e. The van der Waals surface area contributed by atoms with Gasteiger partial charge >= 0.3 is 0 Å². The lowest BCUT2D eigenvalue weighted by molar-refractivity contribution is -0.121. The molecule has 0 rings (SSSR count). The van der Waals surface area contributed by atoms with E-state index in [0.717, 1.165) is 19.4 Å². The Morgan fingerprint density at radius 1 is 1.50 bits per heavy atom. The van der Waals surface area contributed by atoms with Crippen LogP contribution in [-0.2, 0) is 4.79 Å². The number of hydrogen-bond donors (Lipinski definition) is 2. The van der Waals surface area contributed by atoms with Crippen LogP contribution in [0.15, 0.2) is 0 Å². The van der Waals surface area contributed by atoms with Crippen LogP contribution in [0.25, 0.3) is 0 Å². The average Bonchev–Trinajstić information content (AvgIpc) is 2.11. The minimum absolute atomic E-state index is 0. The van der Waals surface area contributed by atoms with Gasteiger partial charge in [0.2, 0.25) is 5.91 Å². The second-order valence-corrected chi connectivity index (χ2v) is 2.92. The molecule has 0 aromatic heterocycles. The zero-order valence-electron chi connectivity index (χ0n) is 8.31. The Morgan fingerprint density at radius 2 is 2.17 bits per heavy atom. The van der Waals surface area contributed by atoms with E-state index in [9.17, 15) is 4.79 Å². The third-order valence-electron chi connectivity index (χ3n) is 1.92. The monoisotopic (exact) mass is 174 g/mol. The number of carbonyl (C=O) groups is 1. The van der Waals surface area contributed by atoms with Crippen LogP contribution < -0.4 is 10.6 Å². The van der Waals surface area contributed by atoms with Gasteiger partial charge in [-0.25, -0.2) is 0 Å². The Bertz CT molecular complexity index is 131. The van der Waals surface area contributed by atoms with Gasteiger partial charge in [-0.15, -0.1) is 0 Å². The molecule has 0 aromatic rings. The van der Waals surface area contributed by atoms with Crippen molar-refractivity contribution >= 4 is 5.91 Å². The molecule has 0 saturated carbocycles. The van der Waals surface area contributed by atoms with Crippen molar-refractivity contribution in [3.8, 4) is 0 Å². The predicted molar refractivity (Wildman–Crippen MR) is 53.2 cm³/mol. The van der Waals surface area contributed by atoms with Crippen LogP contribution in [0.4, 0.5) is 0 Å². The minimum atomic E-state index is 0. The van der Waals surface area contributed by atoms with E-state index >= 15 is 0 Å². The molecule has 0 heterocycles. The number of rotatable bonds is 6. The first kappa shape index (κ1) is 11.4. The van der Waals surface area contributed by atoms with Gasteiger partial charge in [0.05, 0.1) is 0 Å². The van der Waals surface area contributed by atoms with Gasteiger partial charge in [0.25, 0.3) is 0 Å².